The Morgan fingerprint density at radius 2 is 1.93 bits per heavy atom. The van der Waals surface area contributed by atoms with E-state index in [1.807, 2.05) is 23.8 Å². The lowest BCUT2D eigenvalue weighted by Gasteiger charge is -2.31. The zero-order chi connectivity index (χ0) is 31.4. The number of ether oxygens (including phenoxy) is 3. The number of aromatic nitrogens is 3. The van der Waals surface area contributed by atoms with Crippen LogP contribution in [-0.2, 0) is 27.4 Å². The Hall–Kier alpha value is -3.98. The first-order chi connectivity index (χ1) is 21.0. The number of hydrogen-bond donors (Lipinski definition) is 0. The number of nitriles is 1. The van der Waals surface area contributed by atoms with E-state index in [9.17, 15) is 10.1 Å². The van der Waals surface area contributed by atoms with Crippen molar-refractivity contribution in [1.82, 2.24) is 14.5 Å². The van der Waals surface area contributed by atoms with Gasteiger partial charge in [-0.15, -0.1) is 0 Å². The van der Waals surface area contributed by atoms with E-state index in [1.54, 1.807) is 24.4 Å². The van der Waals surface area contributed by atoms with Crippen LogP contribution in [0.1, 0.15) is 24.6 Å². The van der Waals surface area contributed by atoms with Gasteiger partial charge in [0.15, 0.2) is 17.4 Å². The quantitative estimate of drug-likeness (QED) is 0.116. The summed E-state index contributed by atoms with van der Waals surface area (Å²) in [7, 11) is -1.29. The molecule has 1 aliphatic rings. The predicted octanol–water partition coefficient (Wildman–Crippen LogP) is 7.14. The van der Waals surface area contributed by atoms with E-state index in [0.717, 1.165) is 18.2 Å². The highest BCUT2D eigenvalue weighted by molar-refractivity contribution is 6.76. The molecule has 0 radical (unpaired) electrons. The van der Waals surface area contributed by atoms with Gasteiger partial charge >= 0.3 is 0 Å². The van der Waals surface area contributed by atoms with E-state index >= 15 is 8.78 Å². The first kappa shape index (κ1) is 31.4. The molecule has 230 valence electrons. The van der Waals surface area contributed by atoms with Crippen LogP contribution in [0.25, 0.3) is 22.2 Å². The van der Waals surface area contributed by atoms with Crippen molar-refractivity contribution in [2.24, 2.45) is 11.8 Å². The molecule has 1 aliphatic heterocycles. The van der Waals surface area contributed by atoms with Crippen LogP contribution in [0, 0.1) is 34.8 Å². The molecular formula is C33H36F2N4O4Si. The molecule has 0 bridgehead atoms. The number of fused-ring (bicyclic) bond motifs is 1. The summed E-state index contributed by atoms with van der Waals surface area (Å²) in [6.07, 6.45) is 5.17. The number of benzene rings is 1. The Balaban J connectivity index is 1.43. The second-order valence-corrected chi connectivity index (χ2v) is 18.2. The summed E-state index contributed by atoms with van der Waals surface area (Å²) in [5.74, 6) is -1.78. The second-order valence-electron chi connectivity index (χ2n) is 12.6. The van der Waals surface area contributed by atoms with Gasteiger partial charge in [0.1, 0.15) is 35.7 Å². The molecule has 0 N–H and O–H groups in total. The summed E-state index contributed by atoms with van der Waals surface area (Å²) < 4.78 is 49.6. The van der Waals surface area contributed by atoms with Gasteiger partial charge in [-0.2, -0.15) is 5.26 Å². The normalized spacial score (nSPS) is 14.3. The van der Waals surface area contributed by atoms with Crippen LogP contribution < -0.4 is 4.74 Å². The Morgan fingerprint density at radius 3 is 2.55 bits per heavy atom. The third-order valence-corrected chi connectivity index (χ3v) is 9.53. The molecule has 0 aliphatic carbocycles. The molecule has 4 aromatic rings. The standard InChI is InChI=1S/C33H36F2N4O4Si/c1-21(24-18-42-19-24)11-26(40)12-22-13-28(34)32(29(35)14-22)43-30-7-8-37-33-31(30)27(23-5-6-25(15-36)38-16-23)17-39(33)20-41-9-10-44(2,3)4/h5-8,13-14,16-17,21,24H,9-12,18-20H2,1-4H3. The van der Waals surface area contributed by atoms with E-state index in [0.29, 0.717) is 54.3 Å². The maximum Gasteiger partial charge on any atom is 0.198 e. The fourth-order valence-electron chi connectivity index (χ4n) is 5.08. The zero-order valence-corrected chi connectivity index (χ0v) is 26.4. The summed E-state index contributed by atoms with van der Waals surface area (Å²) in [5.41, 5.74) is 2.34. The summed E-state index contributed by atoms with van der Waals surface area (Å²) in [6, 6.07) is 10.2. The number of ketones is 1. The van der Waals surface area contributed by atoms with E-state index in [-0.39, 0.29) is 41.9 Å². The number of halogens is 2. The van der Waals surface area contributed by atoms with Crippen molar-refractivity contribution in [3.05, 3.63) is 71.8 Å². The highest BCUT2D eigenvalue weighted by Crippen LogP contribution is 2.39. The van der Waals surface area contributed by atoms with Crippen LogP contribution in [0.2, 0.25) is 25.7 Å². The third-order valence-electron chi connectivity index (χ3n) is 7.82. The van der Waals surface area contributed by atoms with E-state index < -0.39 is 25.5 Å². The second kappa shape index (κ2) is 13.3. The molecule has 0 saturated carbocycles. The largest absolute Gasteiger partial charge is 0.450 e. The molecule has 1 aromatic carbocycles. The van der Waals surface area contributed by atoms with Gasteiger partial charge in [0.2, 0.25) is 0 Å². The molecule has 1 saturated heterocycles. The van der Waals surface area contributed by atoms with Crippen molar-refractivity contribution >= 4 is 24.9 Å². The smallest absolute Gasteiger partial charge is 0.198 e. The number of carbonyl (C=O) groups excluding carboxylic acids is 1. The molecular weight excluding hydrogens is 582 g/mol. The molecule has 4 heterocycles. The minimum Gasteiger partial charge on any atom is -0.450 e. The lowest BCUT2D eigenvalue weighted by molar-refractivity contribution is -0.121. The molecule has 11 heteroatoms. The average Bonchev–Trinajstić information content (AvgIpc) is 3.31. The first-order valence-electron chi connectivity index (χ1n) is 14.7. The van der Waals surface area contributed by atoms with Crippen LogP contribution in [0.15, 0.2) is 48.9 Å². The number of carbonyl (C=O) groups is 1. The highest BCUT2D eigenvalue weighted by Gasteiger charge is 2.27. The third kappa shape index (κ3) is 7.38. The van der Waals surface area contributed by atoms with Gasteiger partial charge in [-0.05, 0) is 47.9 Å². The van der Waals surface area contributed by atoms with Gasteiger partial charge < -0.3 is 18.8 Å². The minimum absolute atomic E-state index is 0.0675. The van der Waals surface area contributed by atoms with Crippen molar-refractivity contribution in [2.45, 2.75) is 52.2 Å². The fourth-order valence-corrected chi connectivity index (χ4v) is 5.84. The van der Waals surface area contributed by atoms with E-state index in [4.69, 9.17) is 14.2 Å². The maximum absolute atomic E-state index is 15.3. The topological polar surface area (TPSA) is 99.3 Å². The minimum atomic E-state index is -1.29. The number of pyridine rings is 2. The van der Waals surface area contributed by atoms with Gasteiger partial charge in [-0.1, -0.05) is 26.6 Å². The van der Waals surface area contributed by atoms with Crippen LogP contribution in [0.5, 0.6) is 11.5 Å². The summed E-state index contributed by atoms with van der Waals surface area (Å²) in [6.45, 7) is 10.9. The predicted molar refractivity (Wildman–Crippen MR) is 165 cm³/mol. The van der Waals surface area contributed by atoms with Gasteiger partial charge in [0, 0.05) is 63.2 Å². The van der Waals surface area contributed by atoms with Crippen LogP contribution in [0.3, 0.4) is 0 Å². The van der Waals surface area contributed by atoms with Gasteiger partial charge in [0.05, 0.1) is 18.6 Å². The molecule has 0 amide bonds. The molecule has 8 nitrogen and oxygen atoms in total. The molecule has 0 spiro atoms. The Morgan fingerprint density at radius 1 is 1.18 bits per heavy atom. The van der Waals surface area contributed by atoms with E-state index in [1.165, 1.54) is 6.20 Å². The number of Topliss-reactive ketones (excluding diaryl/α,β-unsaturated/α-hetero) is 1. The number of rotatable bonds is 13. The summed E-state index contributed by atoms with van der Waals surface area (Å²) in [5, 5.41) is 9.71. The Labute approximate surface area is 256 Å². The van der Waals surface area contributed by atoms with Crippen LogP contribution in [0.4, 0.5) is 8.78 Å². The lowest BCUT2D eigenvalue weighted by Crippen LogP contribution is -2.34. The summed E-state index contributed by atoms with van der Waals surface area (Å²) >= 11 is 0. The van der Waals surface area contributed by atoms with Gasteiger partial charge in [-0.3, -0.25) is 4.79 Å². The summed E-state index contributed by atoms with van der Waals surface area (Å²) in [4.78, 5) is 21.3. The van der Waals surface area contributed by atoms with Crippen molar-refractivity contribution in [2.75, 3.05) is 19.8 Å². The van der Waals surface area contributed by atoms with Crippen molar-refractivity contribution in [3.63, 3.8) is 0 Å². The average molecular weight is 619 g/mol. The highest BCUT2D eigenvalue weighted by atomic mass is 28.3. The zero-order valence-electron chi connectivity index (χ0n) is 25.4. The van der Waals surface area contributed by atoms with Gasteiger partial charge in [0.25, 0.3) is 0 Å². The molecule has 1 fully saturated rings. The molecule has 1 unspecified atom stereocenters. The van der Waals surface area contributed by atoms with Crippen molar-refractivity contribution < 1.29 is 27.8 Å². The van der Waals surface area contributed by atoms with Gasteiger partial charge in [-0.25, -0.2) is 18.7 Å². The van der Waals surface area contributed by atoms with Crippen LogP contribution >= 0.6 is 0 Å². The number of nitrogens with zero attached hydrogens (tertiary/aromatic N) is 4. The molecule has 5 rings (SSSR count). The lowest BCUT2D eigenvalue weighted by atomic mass is 9.87. The van der Waals surface area contributed by atoms with Crippen molar-refractivity contribution in [1.29, 1.82) is 5.26 Å². The van der Waals surface area contributed by atoms with Crippen molar-refractivity contribution in [3.8, 4) is 28.7 Å². The molecule has 44 heavy (non-hydrogen) atoms. The fraction of sp³-hybridized carbons (Fsp3) is 0.394. The Bertz CT molecular complexity index is 1670. The maximum atomic E-state index is 15.3. The molecule has 1 atom stereocenters. The number of hydrogen-bond acceptors (Lipinski definition) is 7. The molecule has 3 aromatic heterocycles. The van der Waals surface area contributed by atoms with Crippen LogP contribution in [-0.4, -0.2) is 48.2 Å². The Kier molecular flexibility index (Phi) is 9.53. The van der Waals surface area contributed by atoms with E-state index in [2.05, 4.69) is 29.6 Å². The SMILES string of the molecule is CC(CC(=O)Cc1cc(F)c(Oc2ccnc3c2c(-c2ccc(C#N)nc2)cn3COCC[Si](C)(C)C)c(F)c1)C1COC1. The first-order valence-corrected chi connectivity index (χ1v) is 18.4. The monoisotopic (exact) mass is 618 g/mol.